The Bertz CT molecular complexity index is 2290. The van der Waals surface area contributed by atoms with Crippen LogP contribution in [-0.4, -0.2) is 46.7 Å². The number of aromatic hydroxyl groups is 2. The van der Waals surface area contributed by atoms with Crippen LogP contribution in [0, 0.1) is 0 Å². The predicted octanol–water partition coefficient (Wildman–Crippen LogP) is 2.07. The van der Waals surface area contributed by atoms with Gasteiger partial charge >= 0.3 is 11.4 Å². The molecule has 0 fully saturated rings. The zero-order valence-electron chi connectivity index (χ0n) is 23.9. The lowest BCUT2D eigenvalue weighted by atomic mass is 10.0. The van der Waals surface area contributed by atoms with Gasteiger partial charge in [-0.2, -0.15) is 18.6 Å². The highest BCUT2D eigenvalue weighted by Crippen LogP contribution is 2.40. The molecule has 0 aliphatic rings. The van der Waals surface area contributed by atoms with E-state index in [-0.39, 0.29) is 27.4 Å². The third-order valence-corrected chi connectivity index (χ3v) is 7.94. The highest BCUT2D eigenvalue weighted by atomic mass is 32.2. The van der Waals surface area contributed by atoms with Gasteiger partial charge in [0.1, 0.15) is 4.90 Å². The third-order valence-electron chi connectivity index (χ3n) is 6.40. The molecule has 2 heterocycles. The number of hydrogen-bond donors (Lipinski definition) is 4. The second kappa shape index (κ2) is 13.0. The van der Waals surface area contributed by atoms with E-state index in [1.807, 2.05) is 0 Å². The second-order valence-electron chi connectivity index (χ2n) is 9.22. The van der Waals surface area contributed by atoms with Crippen LogP contribution < -0.4 is 22.5 Å². The van der Waals surface area contributed by atoms with Gasteiger partial charge < -0.3 is 10.2 Å². The molecule has 242 valence electrons. The zero-order chi connectivity index (χ0) is 34.1. The van der Waals surface area contributed by atoms with Crippen LogP contribution in [-0.2, 0) is 47.7 Å². The maximum Gasteiger partial charge on any atom is 0.333 e. The topological polar surface area (TPSA) is 271 Å². The Hall–Kier alpha value is -5.26. The monoisotopic (exact) mass is 678 g/mol. The van der Waals surface area contributed by atoms with Crippen molar-refractivity contribution in [3.63, 3.8) is 0 Å². The molecule has 4 rings (SSSR count). The second-order valence-corrected chi connectivity index (χ2v) is 11.4. The van der Waals surface area contributed by atoms with E-state index in [1.54, 1.807) is 0 Å². The smallest absolute Gasteiger partial charge is 0.333 e. The van der Waals surface area contributed by atoms with Gasteiger partial charge in [0.05, 0.1) is 23.4 Å². The van der Waals surface area contributed by atoms with Crippen molar-refractivity contribution in [3.05, 3.63) is 78.1 Å². The summed E-state index contributed by atoms with van der Waals surface area (Å²) >= 11 is 0.383. The summed E-state index contributed by atoms with van der Waals surface area (Å²) in [6, 6.07) is 7.25. The average Bonchev–Trinajstić information content (AvgIpc) is 3.03. The van der Waals surface area contributed by atoms with Gasteiger partial charge in [0.15, 0.2) is 0 Å². The minimum atomic E-state index is -4.97. The first kappa shape index (κ1) is 33.6. The molecule has 0 aliphatic heterocycles. The Morgan fingerprint density at radius 2 is 1.15 bits per heavy atom. The van der Waals surface area contributed by atoms with E-state index in [2.05, 4.69) is 29.8 Å². The van der Waals surface area contributed by atoms with Crippen LogP contribution >= 0.6 is 12.0 Å². The summed E-state index contributed by atoms with van der Waals surface area (Å²) in [6.07, 6.45) is 0. The molecule has 4 aromatic rings. The Morgan fingerprint density at radius 3 is 1.61 bits per heavy atom. The molecule has 22 heteroatoms. The summed E-state index contributed by atoms with van der Waals surface area (Å²) in [4.78, 5) is 48.1. The SMILES string of the molecule is Cn1c(O)c(N=Nc2ccc(-c3ccc(N=Nc4c(O)n(C)c(=O)n(C)c4=O)cc3S(=O)(=O)O)c(SOOO)c2)c(=O)n(C)c1=O. The lowest BCUT2D eigenvalue weighted by Crippen LogP contribution is -2.36. The number of nitrogens with zero attached hydrogens (tertiary/aromatic N) is 8. The molecule has 2 aromatic heterocycles. The van der Waals surface area contributed by atoms with Crippen molar-refractivity contribution in [1.29, 1.82) is 0 Å². The van der Waals surface area contributed by atoms with Crippen LogP contribution in [0.25, 0.3) is 11.1 Å². The molecule has 4 N–H and O–H groups in total. The molecule has 0 amide bonds. The maximum atomic E-state index is 12.4. The van der Waals surface area contributed by atoms with E-state index in [1.165, 1.54) is 51.5 Å². The van der Waals surface area contributed by atoms with Crippen molar-refractivity contribution in [1.82, 2.24) is 18.3 Å². The molecular formula is C24H22N8O12S2. The van der Waals surface area contributed by atoms with Gasteiger partial charge in [0.25, 0.3) is 21.2 Å². The van der Waals surface area contributed by atoms with E-state index in [0.29, 0.717) is 21.2 Å². The molecule has 0 saturated carbocycles. The maximum absolute atomic E-state index is 12.4. The molecule has 2 aromatic carbocycles. The van der Waals surface area contributed by atoms with E-state index >= 15 is 0 Å². The fraction of sp³-hybridized carbons (Fsp3) is 0.167. The van der Waals surface area contributed by atoms with Crippen LogP contribution in [0.2, 0.25) is 0 Å². The predicted molar refractivity (Wildman–Crippen MR) is 158 cm³/mol. The molecule has 0 spiro atoms. The van der Waals surface area contributed by atoms with Gasteiger partial charge in [0, 0.05) is 38.6 Å². The largest absolute Gasteiger partial charge is 0.493 e. The van der Waals surface area contributed by atoms with Crippen molar-refractivity contribution < 1.29 is 37.8 Å². The fourth-order valence-electron chi connectivity index (χ4n) is 3.95. The quantitative estimate of drug-likeness (QED) is 0.0650. The van der Waals surface area contributed by atoms with Crippen molar-refractivity contribution in [2.45, 2.75) is 9.79 Å². The van der Waals surface area contributed by atoms with Gasteiger partial charge in [0.2, 0.25) is 23.1 Å². The standard InChI is InChI=1S/C24H22N8O12S2/c1-29-19(33)17(20(34)30(2)23(29)37)27-25-11-5-7-13(15(9-11)45-44-43-39)14-8-6-12(10-16(14)46(40,41)42)26-28-18-21(35)31(3)24(38)32(4)22(18)36/h5-10,33,35,39H,1-4H3,(H,40,41,42). The van der Waals surface area contributed by atoms with Gasteiger partial charge in [-0.25, -0.2) is 14.8 Å². The van der Waals surface area contributed by atoms with Crippen LogP contribution in [0.4, 0.5) is 22.7 Å². The molecule has 0 aliphatic carbocycles. The number of hydrogen-bond acceptors (Lipinski definition) is 16. The lowest BCUT2D eigenvalue weighted by molar-refractivity contribution is -0.432. The van der Waals surface area contributed by atoms with Crippen molar-refractivity contribution in [2.24, 2.45) is 48.6 Å². The number of benzene rings is 2. The highest BCUT2D eigenvalue weighted by Gasteiger charge is 2.22. The first-order valence-corrected chi connectivity index (χ1v) is 14.5. The summed E-state index contributed by atoms with van der Waals surface area (Å²) in [5.74, 6) is -1.54. The minimum Gasteiger partial charge on any atom is -0.493 e. The van der Waals surface area contributed by atoms with Gasteiger partial charge in [-0.3, -0.25) is 32.4 Å². The molecule has 46 heavy (non-hydrogen) atoms. The first-order valence-electron chi connectivity index (χ1n) is 12.3. The van der Waals surface area contributed by atoms with Crippen LogP contribution in [0.1, 0.15) is 0 Å². The summed E-state index contributed by atoms with van der Waals surface area (Å²) < 4.78 is 42.3. The van der Waals surface area contributed by atoms with E-state index < -0.39 is 60.6 Å². The number of rotatable bonds is 9. The van der Waals surface area contributed by atoms with Crippen LogP contribution in [0.5, 0.6) is 11.8 Å². The van der Waals surface area contributed by atoms with E-state index in [9.17, 15) is 42.4 Å². The summed E-state index contributed by atoms with van der Waals surface area (Å²) in [6.45, 7) is 0. The number of azo groups is 2. The Labute approximate surface area is 260 Å². The molecule has 20 nitrogen and oxygen atoms in total. The van der Waals surface area contributed by atoms with Gasteiger partial charge in [-0.15, -0.1) is 14.6 Å². The van der Waals surface area contributed by atoms with Gasteiger partial charge in [-0.05, 0) is 29.8 Å². The average molecular weight is 679 g/mol. The Kier molecular flexibility index (Phi) is 9.50. The van der Waals surface area contributed by atoms with Gasteiger partial charge in [-0.1, -0.05) is 17.2 Å². The lowest BCUT2D eigenvalue weighted by Gasteiger charge is -2.12. The normalized spacial score (nSPS) is 12.0. The zero-order valence-corrected chi connectivity index (χ0v) is 25.5. The Morgan fingerprint density at radius 1 is 0.696 bits per heavy atom. The van der Waals surface area contributed by atoms with E-state index in [4.69, 9.17) is 5.26 Å². The molecule has 0 bridgehead atoms. The first-order chi connectivity index (χ1) is 21.6. The third kappa shape index (κ3) is 6.42. The minimum absolute atomic E-state index is 0.0144. The van der Waals surface area contributed by atoms with Crippen molar-refractivity contribution >= 4 is 44.9 Å². The highest BCUT2D eigenvalue weighted by molar-refractivity contribution is 7.94. The molecular weight excluding hydrogens is 656 g/mol. The summed E-state index contributed by atoms with van der Waals surface area (Å²) in [7, 11) is -0.244. The van der Waals surface area contributed by atoms with Crippen LogP contribution in [0.3, 0.4) is 0 Å². The fourth-order valence-corrected chi connectivity index (χ4v) is 5.21. The van der Waals surface area contributed by atoms with Crippen molar-refractivity contribution in [2.75, 3.05) is 0 Å². The molecule has 0 radical (unpaired) electrons. The molecule has 0 saturated heterocycles. The molecule has 0 atom stereocenters. The molecule has 0 unspecified atom stereocenters. The Balaban J connectivity index is 1.81. The van der Waals surface area contributed by atoms with E-state index in [0.717, 1.165) is 22.2 Å². The number of aromatic nitrogens is 4. The van der Waals surface area contributed by atoms with Crippen LogP contribution in [0.15, 0.2) is 85.8 Å². The van der Waals surface area contributed by atoms with Crippen molar-refractivity contribution in [3.8, 4) is 22.9 Å². The summed E-state index contributed by atoms with van der Waals surface area (Å²) in [5.41, 5.74) is -4.95. The summed E-state index contributed by atoms with van der Waals surface area (Å²) in [5, 5.41) is 47.8.